The number of hydrogen-bond acceptors (Lipinski definition) is 8. The van der Waals surface area contributed by atoms with Crippen LogP contribution in [0.3, 0.4) is 0 Å². The Balaban J connectivity index is 2.26. The Morgan fingerprint density at radius 3 is 2.12 bits per heavy atom. The molecule has 0 spiro atoms. The first-order valence-corrected chi connectivity index (χ1v) is 20.4. The highest BCUT2D eigenvalue weighted by molar-refractivity contribution is 7.91. The van der Waals surface area contributed by atoms with Crippen molar-refractivity contribution in [3.8, 4) is 0 Å². The molecule has 0 aromatic heterocycles. The number of nitrogens with one attached hydrogen (secondary N) is 2. The normalized spacial score (nSPS) is 18.6. The summed E-state index contributed by atoms with van der Waals surface area (Å²) in [5.41, 5.74) is 1.06. The standard InChI is InChI=1S/C38H65N5O7S/c1-12-27(6)36(42(9)38(47)34(25(2)3)40-37(46)35(26(4)5)41(7)8)30(50-10)23-33(45)43-22-16-19-29(43)31(51(11,48)49)24-32(44)39-21-20-28-17-14-13-15-18-28/h13-15,17-18,25-27,29-31,34-36H,12,16,19-24H2,1-11H3,(H,39,44)(H,40,46). The molecule has 7 unspecified atom stereocenters. The van der Waals surface area contributed by atoms with E-state index < -0.39 is 45.4 Å². The van der Waals surface area contributed by atoms with Crippen molar-refractivity contribution in [2.24, 2.45) is 17.8 Å². The van der Waals surface area contributed by atoms with Crippen molar-refractivity contribution < 1.29 is 32.3 Å². The number of likely N-dealkylation sites (tertiary alicyclic amines) is 1. The number of carbonyl (C=O) groups excluding carboxylic acids is 4. The van der Waals surface area contributed by atoms with Gasteiger partial charge in [-0.15, -0.1) is 0 Å². The summed E-state index contributed by atoms with van der Waals surface area (Å²) in [5.74, 6) is -1.38. The van der Waals surface area contributed by atoms with Crippen LogP contribution < -0.4 is 10.6 Å². The second kappa shape index (κ2) is 20.3. The Morgan fingerprint density at radius 1 is 0.980 bits per heavy atom. The monoisotopic (exact) mass is 735 g/mol. The Morgan fingerprint density at radius 2 is 1.61 bits per heavy atom. The molecule has 1 aliphatic rings. The van der Waals surface area contributed by atoms with Crippen molar-refractivity contribution >= 4 is 33.5 Å². The fraction of sp³-hybridized carbons (Fsp3) is 0.737. The Hall–Kier alpha value is -3.03. The maximum absolute atomic E-state index is 14.2. The first-order valence-electron chi connectivity index (χ1n) is 18.4. The number of rotatable bonds is 20. The third-order valence-corrected chi connectivity index (χ3v) is 11.9. The molecule has 1 aromatic carbocycles. The van der Waals surface area contributed by atoms with Gasteiger partial charge in [0, 0.05) is 46.0 Å². The minimum absolute atomic E-state index is 0.0307. The zero-order valence-electron chi connectivity index (χ0n) is 32.8. The van der Waals surface area contributed by atoms with E-state index in [2.05, 4.69) is 10.6 Å². The van der Waals surface area contributed by atoms with Gasteiger partial charge < -0.3 is 25.2 Å². The summed E-state index contributed by atoms with van der Waals surface area (Å²) in [5, 5.41) is 4.81. The molecule has 0 bridgehead atoms. The van der Waals surface area contributed by atoms with Crippen LogP contribution in [0.5, 0.6) is 0 Å². The predicted molar refractivity (Wildman–Crippen MR) is 202 cm³/mol. The summed E-state index contributed by atoms with van der Waals surface area (Å²) in [6.45, 7) is 12.5. The number of amides is 4. The lowest BCUT2D eigenvalue weighted by atomic mass is 9.89. The zero-order chi connectivity index (χ0) is 38.6. The summed E-state index contributed by atoms with van der Waals surface area (Å²) in [4.78, 5) is 59.6. The number of likely N-dealkylation sites (N-methyl/N-ethyl adjacent to an activating group) is 2. The molecule has 4 amide bonds. The predicted octanol–water partition coefficient (Wildman–Crippen LogP) is 3.14. The van der Waals surface area contributed by atoms with Crippen LogP contribution in [0.1, 0.15) is 79.2 Å². The number of benzene rings is 1. The lowest BCUT2D eigenvalue weighted by Crippen LogP contribution is -2.59. The molecule has 2 rings (SSSR count). The van der Waals surface area contributed by atoms with Gasteiger partial charge in [-0.1, -0.05) is 78.3 Å². The molecule has 0 radical (unpaired) electrons. The number of sulfone groups is 1. The lowest BCUT2D eigenvalue weighted by Gasteiger charge is -2.41. The average molecular weight is 736 g/mol. The van der Waals surface area contributed by atoms with Crippen molar-refractivity contribution in [3.05, 3.63) is 35.9 Å². The van der Waals surface area contributed by atoms with Gasteiger partial charge in [0.1, 0.15) is 6.04 Å². The molecular weight excluding hydrogens is 671 g/mol. The summed E-state index contributed by atoms with van der Waals surface area (Å²) < 4.78 is 32.1. The summed E-state index contributed by atoms with van der Waals surface area (Å²) in [7, 11) is 3.18. The minimum Gasteiger partial charge on any atom is -0.379 e. The molecule has 2 N–H and O–H groups in total. The van der Waals surface area contributed by atoms with Crippen molar-refractivity contribution in [2.45, 2.75) is 116 Å². The molecule has 7 atom stereocenters. The molecule has 0 saturated carbocycles. The van der Waals surface area contributed by atoms with Crippen LogP contribution in [0.4, 0.5) is 0 Å². The van der Waals surface area contributed by atoms with Crippen molar-refractivity contribution in [1.82, 2.24) is 25.3 Å². The van der Waals surface area contributed by atoms with E-state index >= 15 is 0 Å². The van der Waals surface area contributed by atoms with E-state index in [4.69, 9.17) is 4.74 Å². The van der Waals surface area contributed by atoms with E-state index in [9.17, 15) is 27.6 Å². The molecule has 51 heavy (non-hydrogen) atoms. The van der Waals surface area contributed by atoms with E-state index in [0.717, 1.165) is 11.8 Å². The maximum atomic E-state index is 14.2. The van der Waals surface area contributed by atoms with Gasteiger partial charge in [-0.25, -0.2) is 8.42 Å². The highest BCUT2D eigenvalue weighted by Gasteiger charge is 2.43. The van der Waals surface area contributed by atoms with Gasteiger partial charge in [0.25, 0.3) is 0 Å². The number of methoxy groups -OCH3 is 1. The highest BCUT2D eigenvalue weighted by atomic mass is 32.2. The molecule has 0 aliphatic carbocycles. The molecule has 1 aromatic rings. The quantitative estimate of drug-likeness (QED) is 0.208. The molecule has 1 saturated heterocycles. The van der Waals surface area contributed by atoms with E-state index in [1.165, 1.54) is 7.11 Å². The van der Waals surface area contributed by atoms with Crippen molar-refractivity contribution in [1.29, 1.82) is 0 Å². The molecular formula is C38H65N5O7S. The summed E-state index contributed by atoms with van der Waals surface area (Å²) >= 11 is 0. The van der Waals surface area contributed by atoms with Gasteiger partial charge in [0.05, 0.1) is 29.9 Å². The van der Waals surface area contributed by atoms with Crippen LogP contribution in [-0.4, -0.2) is 130 Å². The third-order valence-electron chi connectivity index (χ3n) is 10.3. The first kappa shape index (κ1) is 44.1. The summed E-state index contributed by atoms with van der Waals surface area (Å²) in [6, 6.07) is 7.34. The number of ether oxygens (including phenoxy) is 1. The first-order chi connectivity index (χ1) is 23.8. The Labute approximate surface area is 307 Å². The molecule has 12 nitrogen and oxygen atoms in total. The highest BCUT2D eigenvalue weighted by Crippen LogP contribution is 2.29. The number of hydrogen-bond donors (Lipinski definition) is 2. The fourth-order valence-electron chi connectivity index (χ4n) is 7.43. The maximum Gasteiger partial charge on any atom is 0.245 e. The van der Waals surface area contributed by atoms with Gasteiger partial charge in [0.15, 0.2) is 9.84 Å². The molecule has 1 aliphatic heterocycles. The van der Waals surface area contributed by atoms with Crippen LogP contribution in [-0.2, 0) is 40.2 Å². The van der Waals surface area contributed by atoms with Crippen LogP contribution >= 0.6 is 0 Å². The lowest BCUT2D eigenvalue weighted by molar-refractivity contribution is -0.146. The minimum atomic E-state index is -3.70. The van der Waals surface area contributed by atoms with Gasteiger partial charge in [0.2, 0.25) is 23.6 Å². The zero-order valence-corrected chi connectivity index (χ0v) is 33.7. The van der Waals surface area contributed by atoms with E-state index in [1.807, 2.05) is 90.9 Å². The Bertz CT molecular complexity index is 1380. The largest absolute Gasteiger partial charge is 0.379 e. The van der Waals surface area contributed by atoms with Crippen LogP contribution in [0, 0.1) is 17.8 Å². The topological polar surface area (TPSA) is 145 Å². The van der Waals surface area contributed by atoms with Crippen LogP contribution in [0.2, 0.25) is 0 Å². The molecule has 290 valence electrons. The molecule has 13 heteroatoms. The second-order valence-corrected chi connectivity index (χ2v) is 17.4. The average Bonchev–Trinajstić information content (AvgIpc) is 3.54. The van der Waals surface area contributed by atoms with E-state index in [-0.39, 0.29) is 54.2 Å². The van der Waals surface area contributed by atoms with Gasteiger partial charge in [-0.05, 0) is 56.7 Å². The Kier molecular flexibility index (Phi) is 17.5. The second-order valence-electron chi connectivity index (χ2n) is 15.1. The fourth-order valence-corrected chi connectivity index (χ4v) is 8.74. The van der Waals surface area contributed by atoms with Crippen molar-refractivity contribution in [3.63, 3.8) is 0 Å². The number of carbonyl (C=O) groups is 4. The van der Waals surface area contributed by atoms with E-state index in [1.54, 1.807) is 16.8 Å². The smallest absolute Gasteiger partial charge is 0.245 e. The third kappa shape index (κ3) is 12.6. The van der Waals surface area contributed by atoms with Crippen molar-refractivity contribution in [2.75, 3.05) is 47.6 Å². The number of nitrogens with zero attached hydrogens (tertiary/aromatic N) is 3. The molecule has 1 fully saturated rings. The van der Waals surface area contributed by atoms with Crippen LogP contribution in [0.25, 0.3) is 0 Å². The van der Waals surface area contributed by atoms with Gasteiger partial charge >= 0.3 is 0 Å². The molecule has 1 heterocycles. The SMILES string of the molecule is CCC(C)C(C(CC(=O)N1CCCC1C(CC(=O)NCCc1ccccc1)S(C)(=O)=O)OC)N(C)C(=O)C(NC(=O)C(C(C)C)N(C)C)C(C)C. The van der Waals surface area contributed by atoms with Gasteiger partial charge in [-0.3, -0.25) is 24.1 Å². The van der Waals surface area contributed by atoms with Crippen LogP contribution in [0.15, 0.2) is 30.3 Å². The summed E-state index contributed by atoms with van der Waals surface area (Å²) in [6.07, 6.45) is 2.51. The van der Waals surface area contributed by atoms with E-state index in [0.29, 0.717) is 38.8 Å². The van der Waals surface area contributed by atoms with Gasteiger partial charge in [-0.2, -0.15) is 0 Å².